The fourth-order valence-corrected chi connectivity index (χ4v) is 3.12. The standard InChI is InChI=1S/C7H8N2O5S/c8-3-5(11)9-4(7(12)13)2(10)1-15(14)6(3)9/h3,6,10H,1,8H2,(H,12,13)/t3-,6-,15?/m1/s1. The van der Waals surface area contributed by atoms with E-state index in [4.69, 9.17) is 10.8 Å². The summed E-state index contributed by atoms with van der Waals surface area (Å²) in [5.74, 6) is -2.87. The van der Waals surface area contributed by atoms with Gasteiger partial charge in [0.05, 0.1) is 16.6 Å². The van der Waals surface area contributed by atoms with Gasteiger partial charge in [-0.3, -0.25) is 13.9 Å². The number of aliphatic hydroxyl groups is 1. The highest BCUT2D eigenvalue weighted by Crippen LogP contribution is 2.32. The Balaban J connectivity index is 2.46. The second-order valence-corrected chi connectivity index (χ2v) is 4.78. The molecule has 2 rings (SSSR count). The van der Waals surface area contributed by atoms with Crippen molar-refractivity contribution in [2.75, 3.05) is 5.75 Å². The lowest BCUT2D eigenvalue weighted by Gasteiger charge is -2.46. The summed E-state index contributed by atoms with van der Waals surface area (Å²) in [5, 5.41) is 17.3. The number of carbonyl (C=O) groups excluding carboxylic acids is 1. The molecule has 7 nitrogen and oxygen atoms in total. The van der Waals surface area contributed by atoms with E-state index in [2.05, 4.69) is 0 Å². The fraction of sp³-hybridized carbons (Fsp3) is 0.429. The third-order valence-electron chi connectivity index (χ3n) is 2.35. The summed E-state index contributed by atoms with van der Waals surface area (Å²) in [5.41, 5.74) is 4.89. The molecule has 0 radical (unpaired) electrons. The number of nitrogens with zero attached hydrogens (tertiary/aromatic N) is 1. The minimum atomic E-state index is -1.54. The number of aliphatic hydroxyl groups excluding tert-OH is 1. The molecule has 1 amide bonds. The number of carboxylic acid groups (broad SMARTS) is 1. The molecule has 2 heterocycles. The van der Waals surface area contributed by atoms with Gasteiger partial charge in [-0.1, -0.05) is 0 Å². The molecule has 0 aromatic heterocycles. The molecule has 0 aromatic rings. The highest BCUT2D eigenvalue weighted by Gasteiger charge is 2.55. The van der Waals surface area contributed by atoms with Crippen LogP contribution in [0.5, 0.6) is 0 Å². The molecule has 1 unspecified atom stereocenters. The molecule has 4 N–H and O–H groups in total. The largest absolute Gasteiger partial charge is 0.509 e. The number of carboxylic acids is 1. The van der Waals surface area contributed by atoms with Crippen molar-refractivity contribution in [3.63, 3.8) is 0 Å². The number of amides is 1. The lowest BCUT2D eigenvalue weighted by atomic mass is 10.1. The van der Waals surface area contributed by atoms with E-state index in [1.54, 1.807) is 0 Å². The highest BCUT2D eigenvalue weighted by atomic mass is 32.2. The van der Waals surface area contributed by atoms with E-state index in [1.165, 1.54) is 0 Å². The first-order chi connectivity index (χ1) is 6.95. The Morgan fingerprint density at radius 1 is 1.60 bits per heavy atom. The molecule has 0 aliphatic carbocycles. The fourth-order valence-electron chi connectivity index (χ4n) is 1.66. The van der Waals surface area contributed by atoms with Crippen LogP contribution in [0.1, 0.15) is 0 Å². The van der Waals surface area contributed by atoms with Gasteiger partial charge in [0.2, 0.25) is 5.91 Å². The minimum Gasteiger partial charge on any atom is -0.509 e. The van der Waals surface area contributed by atoms with E-state index in [0.717, 1.165) is 4.90 Å². The smallest absolute Gasteiger partial charge is 0.356 e. The molecule has 0 spiro atoms. The molecule has 0 saturated carbocycles. The van der Waals surface area contributed by atoms with Crippen LogP contribution in [0.3, 0.4) is 0 Å². The number of rotatable bonds is 1. The molecule has 2 aliphatic heterocycles. The Morgan fingerprint density at radius 2 is 2.20 bits per heavy atom. The van der Waals surface area contributed by atoms with E-state index in [9.17, 15) is 18.9 Å². The number of hydrogen-bond acceptors (Lipinski definition) is 5. The summed E-state index contributed by atoms with van der Waals surface area (Å²) >= 11 is 0. The maximum absolute atomic E-state index is 11.4. The van der Waals surface area contributed by atoms with Gasteiger partial charge >= 0.3 is 5.97 Å². The first kappa shape index (κ1) is 10.1. The molecule has 3 atom stereocenters. The zero-order chi connectivity index (χ0) is 11.3. The normalized spacial score (nSPS) is 34.9. The molecular weight excluding hydrogens is 224 g/mol. The predicted molar refractivity (Wildman–Crippen MR) is 48.9 cm³/mol. The quantitative estimate of drug-likeness (QED) is 0.454. The molecular formula is C7H8N2O5S. The van der Waals surface area contributed by atoms with Gasteiger partial charge in [0, 0.05) is 0 Å². The molecule has 2 aliphatic rings. The summed E-state index contributed by atoms with van der Waals surface area (Å²) < 4.78 is 11.4. The van der Waals surface area contributed by atoms with E-state index < -0.39 is 45.5 Å². The summed E-state index contributed by atoms with van der Waals surface area (Å²) in [6, 6.07) is -0.937. The third-order valence-corrected chi connectivity index (χ3v) is 3.95. The van der Waals surface area contributed by atoms with Crippen LogP contribution in [-0.2, 0) is 20.4 Å². The Labute approximate surface area is 86.6 Å². The zero-order valence-electron chi connectivity index (χ0n) is 7.41. The maximum atomic E-state index is 11.4. The topological polar surface area (TPSA) is 121 Å². The molecule has 1 fully saturated rings. The Kier molecular flexibility index (Phi) is 2.05. The number of β-lactam (4-membered cyclic amide) rings is 1. The molecule has 0 aromatic carbocycles. The summed E-state index contributed by atoms with van der Waals surface area (Å²) in [7, 11) is -1.54. The van der Waals surface area contributed by atoms with Crippen LogP contribution >= 0.6 is 0 Å². The average Bonchev–Trinajstić information content (AvgIpc) is 2.15. The van der Waals surface area contributed by atoms with Gasteiger partial charge < -0.3 is 15.9 Å². The first-order valence-electron chi connectivity index (χ1n) is 4.06. The molecule has 82 valence electrons. The maximum Gasteiger partial charge on any atom is 0.356 e. The van der Waals surface area contributed by atoms with Crippen LogP contribution < -0.4 is 5.73 Å². The van der Waals surface area contributed by atoms with Crippen molar-refractivity contribution in [2.24, 2.45) is 5.73 Å². The van der Waals surface area contributed by atoms with Gasteiger partial charge in [0.15, 0.2) is 5.70 Å². The van der Waals surface area contributed by atoms with E-state index in [-0.39, 0.29) is 5.75 Å². The van der Waals surface area contributed by atoms with Crippen LogP contribution in [0.25, 0.3) is 0 Å². The van der Waals surface area contributed by atoms with Gasteiger partial charge in [-0.15, -0.1) is 0 Å². The number of aliphatic carboxylic acids is 1. The second-order valence-electron chi connectivity index (χ2n) is 3.25. The Morgan fingerprint density at radius 3 is 2.73 bits per heavy atom. The summed E-state index contributed by atoms with van der Waals surface area (Å²) in [6.45, 7) is 0. The van der Waals surface area contributed by atoms with Crippen molar-refractivity contribution in [3.05, 3.63) is 11.5 Å². The van der Waals surface area contributed by atoms with Crippen molar-refractivity contribution >= 4 is 22.7 Å². The Bertz CT molecular complexity index is 418. The first-order valence-corrected chi connectivity index (χ1v) is 5.44. The van der Waals surface area contributed by atoms with Crippen LogP contribution in [0, 0.1) is 0 Å². The SMILES string of the molecule is N[C@@H]1C(=O)N2C(C(=O)O)=C(O)CS(=O)[C@H]12. The predicted octanol–water partition coefficient (Wildman–Crippen LogP) is -1.90. The number of nitrogens with two attached hydrogens (primary N) is 1. The minimum absolute atomic E-state index is 0.274. The van der Waals surface area contributed by atoms with Crippen molar-refractivity contribution in [2.45, 2.75) is 11.4 Å². The van der Waals surface area contributed by atoms with Crippen molar-refractivity contribution in [1.82, 2.24) is 4.90 Å². The number of hydrogen-bond donors (Lipinski definition) is 3. The molecule has 0 bridgehead atoms. The van der Waals surface area contributed by atoms with Crippen LogP contribution in [0.15, 0.2) is 11.5 Å². The molecule has 15 heavy (non-hydrogen) atoms. The van der Waals surface area contributed by atoms with Gasteiger partial charge in [-0.2, -0.15) is 0 Å². The Hall–Kier alpha value is -1.41. The van der Waals surface area contributed by atoms with E-state index in [1.807, 2.05) is 0 Å². The van der Waals surface area contributed by atoms with Crippen molar-refractivity contribution < 1.29 is 24.0 Å². The number of carbonyl (C=O) groups is 2. The lowest BCUT2D eigenvalue weighted by molar-refractivity contribution is -0.148. The van der Waals surface area contributed by atoms with Crippen LogP contribution in [0.4, 0.5) is 0 Å². The average molecular weight is 232 g/mol. The zero-order valence-corrected chi connectivity index (χ0v) is 8.23. The molecule has 1 saturated heterocycles. The van der Waals surface area contributed by atoms with Gasteiger partial charge in [-0.25, -0.2) is 4.79 Å². The third kappa shape index (κ3) is 1.18. The highest BCUT2D eigenvalue weighted by molar-refractivity contribution is 7.86. The number of fused-ring (bicyclic) bond motifs is 1. The van der Waals surface area contributed by atoms with Crippen LogP contribution in [-0.4, -0.2) is 48.4 Å². The summed E-state index contributed by atoms with van der Waals surface area (Å²) in [6.07, 6.45) is 0. The van der Waals surface area contributed by atoms with Gasteiger partial charge in [0.25, 0.3) is 0 Å². The second kappa shape index (κ2) is 3.04. The summed E-state index contributed by atoms with van der Waals surface area (Å²) in [4.78, 5) is 22.8. The van der Waals surface area contributed by atoms with Crippen LogP contribution in [0.2, 0.25) is 0 Å². The van der Waals surface area contributed by atoms with Crippen molar-refractivity contribution in [1.29, 1.82) is 0 Å². The molecule has 8 heteroatoms. The van der Waals surface area contributed by atoms with Gasteiger partial charge in [-0.05, 0) is 0 Å². The monoisotopic (exact) mass is 232 g/mol. The van der Waals surface area contributed by atoms with Gasteiger partial charge in [0.1, 0.15) is 17.2 Å². The van der Waals surface area contributed by atoms with Crippen molar-refractivity contribution in [3.8, 4) is 0 Å². The van der Waals surface area contributed by atoms with E-state index in [0.29, 0.717) is 0 Å². The van der Waals surface area contributed by atoms with E-state index >= 15 is 0 Å². The lowest BCUT2D eigenvalue weighted by Crippen LogP contribution is -2.71.